The number of aryl methyl sites for hydroxylation is 1. The lowest BCUT2D eigenvalue weighted by Crippen LogP contribution is -2.40. The van der Waals surface area contributed by atoms with E-state index in [4.69, 9.17) is 17.0 Å². The maximum atomic E-state index is 12.8. The molecule has 1 fully saturated rings. The number of rotatable bonds is 6. The van der Waals surface area contributed by atoms with Gasteiger partial charge in [-0.15, -0.1) is 11.3 Å². The van der Waals surface area contributed by atoms with Crippen LogP contribution in [0.1, 0.15) is 61.2 Å². The van der Waals surface area contributed by atoms with Crippen LogP contribution in [0, 0.1) is 12.8 Å². The quantitative estimate of drug-likeness (QED) is 0.425. The average molecular weight is 431 g/mol. The highest BCUT2D eigenvalue weighted by Crippen LogP contribution is 2.40. The maximum absolute atomic E-state index is 12.8. The lowest BCUT2D eigenvalue weighted by Gasteiger charge is -2.29. The van der Waals surface area contributed by atoms with Gasteiger partial charge in [-0.1, -0.05) is 43.7 Å². The Labute approximate surface area is 183 Å². The summed E-state index contributed by atoms with van der Waals surface area (Å²) in [7, 11) is 0. The summed E-state index contributed by atoms with van der Waals surface area (Å²) < 4.78 is 5.36. The Balaban J connectivity index is 1.80. The minimum atomic E-state index is -0.315. The van der Waals surface area contributed by atoms with E-state index in [0.717, 1.165) is 39.8 Å². The number of esters is 1. The van der Waals surface area contributed by atoms with Crippen LogP contribution in [-0.4, -0.2) is 23.7 Å². The molecule has 2 N–H and O–H groups in total. The number of benzene rings is 1. The molecule has 1 aliphatic rings. The molecule has 0 spiro atoms. The lowest BCUT2D eigenvalue weighted by atomic mass is 9.85. The number of hydrogen-bond acceptors (Lipinski definition) is 4. The molecule has 2 aromatic rings. The first-order valence-corrected chi connectivity index (χ1v) is 11.7. The van der Waals surface area contributed by atoms with Gasteiger partial charge in [0, 0.05) is 16.5 Å². The molecule has 0 unspecified atom stereocenters. The first-order chi connectivity index (χ1) is 14.0. The second kappa shape index (κ2) is 10.2. The maximum Gasteiger partial charge on any atom is 0.341 e. The zero-order valence-electron chi connectivity index (χ0n) is 17.4. The molecule has 0 atom stereocenters. The van der Waals surface area contributed by atoms with Crippen molar-refractivity contribution in [2.75, 3.05) is 11.9 Å². The zero-order valence-corrected chi connectivity index (χ0v) is 19.1. The summed E-state index contributed by atoms with van der Waals surface area (Å²) in [4.78, 5) is 13.9. The molecule has 1 aliphatic carbocycles. The summed E-state index contributed by atoms with van der Waals surface area (Å²) in [5, 5.41) is 8.07. The highest BCUT2D eigenvalue weighted by molar-refractivity contribution is 7.80. The van der Waals surface area contributed by atoms with E-state index in [1.54, 1.807) is 11.3 Å². The van der Waals surface area contributed by atoms with Crippen molar-refractivity contribution in [2.45, 2.75) is 58.9 Å². The van der Waals surface area contributed by atoms with E-state index >= 15 is 0 Å². The van der Waals surface area contributed by atoms with E-state index in [9.17, 15) is 4.79 Å². The molecular formula is C23H30N2O2S2. The Morgan fingerprint density at radius 2 is 1.86 bits per heavy atom. The molecule has 29 heavy (non-hydrogen) atoms. The second-order valence-electron chi connectivity index (χ2n) is 7.55. The minimum absolute atomic E-state index is 0.315. The molecule has 0 saturated heterocycles. The number of anilines is 1. The molecule has 6 heteroatoms. The SMILES string of the molecule is CCOC(=O)c1c(NC(=S)NC2CCC(CC)CC2)sc(C)c1-c1ccccc1. The Morgan fingerprint density at radius 1 is 1.17 bits per heavy atom. The standard InChI is InChI=1S/C23H30N2O2S2/c1-4-16-11-13-18(14-12-16)24-23(28)25-21-20(22(26)27-5-2)19(15(3)29-21)17-9-7-6-8-10-17/h6-10,16,18H,4-5,11-14H2,1-3H3,(H2,24,25,28). The number of carbonyl (C=O) groups excluding carboxylic acids is 1. The van der Waals surface area contributed by atoms with Crippen molar-refractivity contribution in [3.05, 3.63) is 40.8 Å². The molecule has 0 aliphatic heterocycles. The molecule has 156 valence electrons. The number of thiocarbonyl (C=S) groups is 1. The van der Waals surface area contributed by atoms with Crippen LogP contribution >= 0.6 is 23.6 Å². The van der Waals surface area contributed by atoms with E-state index < -0.39 is 0 Å². The van der Waals surface area contributed by atoms with E-state index in [2.05, 4.69) is 17.6 Å². The Bertz CT molecular complexity index is 840. The zero-order chi connectivity index (χ0) is 20.8. The third-order valence-electron chi connectivity index (χ3n) is 5.61. The molecule has 4 nitrogen and oxygen atoms in total. The largest absolute Gasteiger partial charge is 0.462 e. The topological polar surface area (TPSA) is 50.4 Å². The minimum Gasteiger partial charge on any atom is -0.462 e. The Kier molecular flexibility index (Phi) is 7.67. The third kappa shape index (κ3) is 5.37. The first-order valence-electron chi connectivity index (χ1n) is 10.5. The highest BCUT2D eigenvalue weighted by atomic mass is 32.1. The molecule has 3 rings (SSSR count). The van der Waals surface area contributed by atoms with Crippen molar-refractivity contribution in [3.63, 3.8) is 0 Å². The van der Waals surface area contributed by atoms with Gasteiger partial charge in [0.2, 0.25) is 0 Å². The molecule has 1 heterocycles. The van der Waals surface area contributed by atoms with Crippen LogP contribution in [0.25, 0.3) is 11.1 Å². The smallest absolute Gasteiger partial charge is 0.341 e. The predicted octanol–water partition coefficient (Wildman–Crippen LogP) is 6.16. The van der Waals surface area contributed by atoms with E-state index in [-0.39, 0.29) is 5.97 Å². The second-order valence-corrected chi connectivity index (χ2v) is 9.18. The molecule has 1 aromatic carbocycles. The van der Waals surface area contributed by atoms with E-state index in [1.165, 1.54) is 19.3 Å². The molecule has 1 aromatic heterocycles. The van der Waals surface area contributed by atoms with Crippen LogP contribution in [0.15, 0.2) is 30.3 Å². The number of hydrogen-bond donors (Lipinski definition) is 2. The summed E-state index contributed by atoms with van der Waals surface area (Å²) in [5.41, 5.74) is 2.50. The van der Waals surface area contributed by atoms with Gasteiger partial charge >= 0.3 is 5.97 Å². The van der Waals surface area contributed by atoms with Crippen LogP contribution in [0.5, 0.6) is 0 Å². The van der Waals surface area contributed by atoms with Crippen molar-refractivity contribution in [1.29, 1.82) is 0 Å². The van der Waals surface area contributed by atoms with Crippen molar-refractivity contribution < 1.29 is 9.53 Å². The summed E-state index contributed by atoms with van der Waals surface area (Å²) in [6.45, 7) is 6.46. The predicted molar refractivity (Wildman–Crippen MR) is 126 cm³/mol. The Morgan fingerprint density at radius 3 is 2.48 bits per heavy atom. The summed E-state index contributed by atoms with van der Waals surface area (Å²) >= 11 is 7.13. The van der Waals surface area contributed by atoms with Crippen LogP contribution < -0.4 is 10.6 Å². The van der Waals surface area contributed by atoms with Gasteiger partial charge in [-0.25, -0.2) is 4.79 Å². The summed E-state index contributed by atoms with van der Waals surface area (Å²) in [6.07, 6.45) is 6.05. The number of nitrogens with one attached hydrogen (secondary N) is 2. The fourth-order valence-electron chi connectivity index (χ4n) is 4.02. The first kappa shape index (κ1) is 21.8. The number of thiophene rings is 1. The molecule has 0 amide bonds. The van der Waals surface area contributed by atoms with Crippen LogP contribution in [0.2, 0.25) is 0 Å². The monoisotopic (exact) mass is 430 g/mol. The van der Waals surface area contributed by atoms with Crippen molar-refractivity contribution in [2.24, 2.45) is 5.92 Å². The van der Waals surface area contributed by atoms with Gasteiger partial charge in [-0.3, -0.25) is 0 Å². The number of carbonyl (C=O) groups is 1. The van der Waals surface area contributed by atoms with Crippen molar-refractivity contribution in [3.8, 4) is 11.1 Å². The number of ether oxygens (including phenoxy) is 1. The van der Waals surface area contributed by atoms with Crippen LogP contribution in [0.3, 0.4) is 0 Å². The molecule has 1 saturated carbocycles. The van der Waals surface area contributed by atoms with Gasteiger partial charge < -0.3 is 15.4 Å². The normalized spacial score (nSPS) is 18.9. The average Bonchev–Trinajstić information content (AvgIpc) is 3.05. The fourth-order valence-corrected chi connectivity index (χ4v) is 5.42. The summed E-state index contributed by atoms with van der Waals surface area (Å²) in [5.74, 6) is 0.530. The third-order valence-corrected chi connectivity index (χ3v) is 6.85. The van der Waals surface area contributed by atoms with E-state index in [0.29, 0.717) is 23.3 Å². The molecule has 0 radical (unpaired) electrons. The Hall–Kier alpha value is -1.92. The van der Waals surface area contributed by atoms with Crippen molar-refractivity contribution >= 4 is 39.6 Å². The van der Waals surface area contributed by atoms with Gasteiger partial charge in [0.1, 0.15) is 10.6 Å². The van der Waals surface area contributed by atoms with Crippen LogP contribution in [0.4, 0.5) is 5.00 Å². The van der Waals surface area contributed by atoms with Gasteiger partial charge in [0.15, 0.2) is 5.11 Å². The fraction of sp³-hybridized carbons (Fsp3) is 0.478. The van der Waals surface area contributed by atoms with Crippen LogP contribution in [-0.2, 0) is 4.74 Å². The van der Waals surface area contributed by atoms with Gasteiger partial charge in [-0.2, -0.15) is 0 Å². The highest BCUT2D eigenvalue weighted by Gasteiger charge is 2.26. The molecule has 0 bridgehead atoms. The van der Waals surface area contributed by atoms with E-state index in [1.807, 2.05) is 44.2 Å². The van der Waals surface area contributed by atoms with Gasteiger partial charge in [-0.05, 0) is 63.2 Å². The van der Waals surface area contributed by atoms with Crippen molar-refractivity contribution in [1.82, 2.24) is 5.32 Å². The van der Waals surface area contributed by atoms with Gasteiger partial charge in [0.25, 0.3) is 0 Å². The lowest BCUT2D eigenvalue weighted by molar-refractivity contribution is 0.0529. The van der Waals surface area contributed by atoms with Gasteiger partial charge in [0.05, 0.1) is 6.61 Å². The molecular weight excluding hydrogens is 400 g/mol. The summed E-state index contributed by atoms with van der Waals surface area (Å²) in [6, 6.07) is 10.4.